The van der Waals surface area contributed by atoms with E-state index in [1.54, 1.807) is 39.0 Å². The van der Waals surface area contributed by atoms with E-state index in [9.17, 15) is 4.79 Å². The fourth-order valence-corrected chi connectivity index (χ4v) is 6.03. The lowest BCUT2D eigenvalue weighted by atomic mass is 9.77. The highest BCUT2D eigenvalue weighted by Crippen LogP contribution is 2.46. The molecule has 38 heavy (non-hydrogen) atoms. The Hall–Kier alpha value is -3.85. The summed E-state index contributed by atoms with van der Waals surface area (Å²) in [6.07, 6.45) is 4.94. The van der Waals surface area contributed by atoms with Gasteiger partial charge in [0.25, 0.3) is 5.91 Å². The van der Waals surface area contributed by atoms with Crippen molar-refractivity contribution < 1.29 is 23.7 Å². The van der Waals surface area contributed by atoms with E-state index < -0.39 is 0 Å². The van der Waals surface area contributed by atoms with Gasteiger partial charge in [-0.3, -0.25) is 4.79 Å². The molecule has 2 aliphatic rings. The number of aryl methyl sites for hydroxylation is 1. The normalized spacial score (nSPS) is 19.7. The molecule has 198 valence electrons. The van der Waals surface area contributed by atoms with Crippen molar-refractivity contribution in [1.29, 1.82) is 0 Å². The van der Waals surface area contributed by atoms with Gasteiger partial charge in [-0.25, -0.2) is 9.99 Å². The van der Waals surface area contributed by atoms with Gasteiger partial charge in [-0.15, -0.1) is 11.3 Å². The molecule has 0 radical (unpaired) electrons. The zero-order valence-corrected chi connectivity index (χ0v) is 23.0. The molecule has 8 nitrogen and oxygen atoms in total. The number of carbonyl (C=O) groups is 1. The lowest BCUT2D eigenvalue weighted by Gasteiger charge is -2.30. The zero-order valence-electron chi connectivity index (χ0n) is 22.2. The fraction of sp³-hybridized carbons (Fsp3) is 0.345. The van der Waals surface area contributed by atoms with Crippen molar-refractivity contribution in [2.24, 2.45) is 11.0 Å². The summed E-state index contributed by atoms with van der Waals surface area (Å²) in [6, 6.07) is 11.4. The number of thiazole rings is 1. The molecule has 0 unspecified atom stereocenters. The molecule has 2 atom stereocenters. The summed E-state index contributed by atoms with van der Waals surface area (Å²) < 4.78 is 22.0. The number of benzene rings is 2. The van der Waals surface area contributed by atoms with Crippen LogP contribution in [0.3, 0.4) is 0 Å². The van der Waals surface area contributed by atoms with E-state index in [1.165, 1.54) is 11.3 Å². The van der Waals surface area contributed by atoms with E-state index in [2.05, 4.69) is 11.1 Å². The second kappa shape index (κ2) is 10.9. The molecule has 1 aromatic heterocycles. The summed E-state index contributed by atoms with van der Waals surface area (Å²) in [5, 5.41) is 6.65. The van der Waals surface area contributed by atoms with E-state index in [0.29, 0.717) is 33.6 Å². The number of hydrogen-bond acceptors (Lipinski definition) is 8. The molecule has 0 saturated heterocycles. The highest BCUT2D eigenvalue weighted by atomic mass is 32.1. The van der Waals surface area contributed by atoms with Crippen LogP contribution in [0.1, 0.15) is 51.8 Å². The Morgan fingerprint density at radius 2 is 1.66 bits per heavy atom. The minimum Gasteiger partial charge on any atom is -0.493 e. The van der Waals surface area contributed by atoms with Crippen molar-refractivity contribution in [2.45, 2.75) is 32.2 Å². The van der Waals surface area contributed by atoms with E-state index in [4.69, 9.17) is 24.0 Å². The molecular weight excluding hydrogens is 502 g/mol. The first-order valence-electron chi connectivity index (χ1n) is 12.5. The third-order valence-electron chi connectivity index (χ3n) is 7.15. The van der Waals surface area contributed by atoms with Crippen molar-refractivity contribution in [2.75, 3.05) is 28.4 Å². The third kappa shape index (κ3) is 4.62. The summed E-state index contributed by atoms with van der Waals surface area (Å²) in [6.45, 7) is 1.85. The van der Waals surface area contributed by atoms with Gasteiger partial charge in [-0.2, -0.15) is 5.10 Å². The minimum absolute atomic E-state index is 0.0467. The zero-order chi connectivity index (χ0) is 26.8. The number of nitrogens with zero attached hydrogens (tertiary/aromatic N) is 3. The van der Waals surface area contributed by atoms with E-state index in [-0.39, 0.29) is 17.9 Å². The highest BCUT2D eigenvalue weighted by Gasteiger charge is 2.44. The van der Waals surface area contributed by atoms with Gasteiger partial charge in [0.2, 0.25) is 0 Å². The van der Waals surface area contributed by atoms with Gasteiger partial charge in [-0.1, -0.05) is 12.1 Å². The minimum atomic E-state index is -0.270. The summed E-state index contributed by atoms with van der Waals surface area (Å²) in [5.41, 5.74) is 6.42. The summed E-state index contributed by atoms with van der Waals surface area (Å²) >= 11 is 1.34. The molecule has 1 fully saturated rings. The summed E-state index contributed by atoms with van der Waals surface area (Å²) in [5.74, 6) is 2.52. The molecule has 1 aliphatic heterocycles. The Morgan fingerprint density at radius 1 is 0.974 bits per heavy atom. The van der Waals surface area contributed by atoms with Crippen LogP contribution >= 0.6 is 11.3 Å². The largest absolute Gasteiger partial charge is 0.493 e. The van der Waals surface area contributed by atoms with Crippen LogP contribution in [0.15, 0.2) is 52.6 Å². The lowest BCUT2D eigenvalue weighted by Crippen LogP contribution is -2.31. The SMILES string of the molecule is COc1ccc(/C=C2\CCC[C@@H]3C2=NN(C(=O)c2scnc2C)[C@@H]3c2ccc(OC)c(OC)c2)cc1OC. The molecule has 0 spiro atoms. The second-order valence-corrected chi connectivity index (χ2v) is 10.1. The van der Waals surface area contributed by atoms with Crippen molar-refractivity contribution in [1.82, 2.24) is 9.99 Å². The number of carbonyl (C=O) groups excluding carboxylic acids is 1. The van der Waals surface area contributed by atoms with Gasteiger partial charge in [0, 0.05) is 5.92 Å². The number of hydrazone groups is 1. The van der Waals surface area contributed by atoms with Crippen LogP contribution < -0.4 is 18.9 Å². The lowest BCUT2D eigenvalue weighted by molar-refractivity contribution is 0.0684. The Kier molecular flexibility index (Phi) is 7.37. The van der Waals surface area contributed by atoms with Crippen molar-refractivity contribution in [3.63, 3.8) is 0 Å². The number of hydrogen-bond donors (Lipinski definition) is 0. The number of amides is 1. The van der Waals surface area contributed by atoms with Crippen LogP contribution in [0.2, 0.25) is 0 Å². The molecule has 2 aromatic carbocycles. The van der Waals surface area contributed by atoms with Gasteiger partial charge in [0.1, 0.15) is 4.88 Å². The average molecular weight is 534 g/mol. The van der Waals surface area contributed by atoms with Crippen LogP contribution in [-0.2, 0) is 0 Å². The third-order valence-corrected chi connectivity index (χ3v) is 8.06. The van der Waals surface area contributed by atoms with Gasteiger partial charge in [-0.05, 0) is 73.2 Å². The van der Waals surface area contributed by atoms with Gasteiger partial charge >= 0.3 is 0 Å². The van der Waals surface area contributed by atoms with Crippen LogP contribution in [0, 0.1) is 12.8 Å². The predicted octanol–water partition coefficient (Wildman–Crippen LogP) is 5.92. The maximum absolute atomic E-state index is 13.8. The monoisotopic (exact) mass is 533 g/mol. The molecule has 1 saturated carbocycles. The number of fused-ring (bicyclic) bond motifs is 1. The first kappa shape index (κ1) is 25.8. The van der Waals surface area contributed by atoms with Crippen molar-refractivity contribution >= 4 is 29.0 Å². The van der Waals surface area contributed by atoms with E-state index in [0.717, 1.165) is 41.7 Å². The summed E-state index contributed by atoms with van der Waals surface area (Å²) in [4.78, 5) is 18.7. The smallest absolute Gasteiger partial charge is 0.286 e. The molecule has 3 aromatic rings. The number of aromatic nitrogens is 1. The van der Waals surface area contributed by atoms with Crippen LogP contribution in [0.5, 0.6) is 23.0 Å². The number of rotatable bonds is 7. The van der Waals surface area contributed by atoms with E-state index >= 15 is 0 Å². The Labute approximate surface area is 226 Å². The summed E-state index contributed by atoms with van der Waals surface area (Å²) in [7, 11) is 6.49. The second-order valence-electron chi connectivity index (χ2n) is 9.24. The first-order valence-corrected chi connectivity index (χ1v) is 13.3. The molecule has 2 heterocycles. The van der Waals surface area contributed by atoms with Crippen LogP contribution in [0.4, 0.5) is 0 Å². The molecule has 9 heteroatoms. The molecule has 1 amide bonds. The first-order chi connectivity index (χ1) is 18.5. The number of methoxy groups -OCH3 is 4. The fourth-order valence-electron chi connectivity index (χ4n) is 5.29. The van der Waals surface area contributed by atoms with Crippen LogP contribution in [-0.4, -0.2) is 50.1 Å². The average Bonchev–Trinajstić information content (AvgIpc) is 3.56. The maximum Gasteiger partial charge on any atom is 0.286 e. The van der Waals surface area contributed by atoms with Crippen molar-refractivity contribution in [3.8, 4) is 23.0 Å². The van der Waals surface area contributed by atoms with Gasteiger partial charge < -0.3 is 18.9 Å². The quantitative estimate of drug-likeness (QED) is 0.375. The molecule has 1 aliphatic carbocycles. The topological polar surface area (TPSA) is 82.5 Å². The van der Waals surface area contributed by atoms with Crippen LogP contribution in [0.25, 0.3) is 6.08 Å². The Morgan fingerprint density at radius 3 is 2.32 bits per heavy atom. The van der Waals surface area contributed by atoms with Crippen molar-refractivity contribution in [3.05, 3.63) is 69.2 Å². The number of ether oxygens (including phenoxy) is 4. The maximum atomic E-state index is 13.8. The molecule has 0 bridgehead atoms. The van der Waals surface area contributed by atoms with Gasteiger partial charge in [0.15, 0.2) is 23.0 Å². The van der Waals surface area contributed by atoms with Gasteiger partial charge in [0.05, 0.1) is 51.4 Å². The molecule has 0 N–H and O–H groups in total. The van der Waals surface area contributed by atoms with E-state index in [1.807, 2.05) is 43.3 Å². The highest BCUT2D eigenvalue weighted by molar-refractivity contribution is 7.11. The molecular formula is C29H31N3O5S. The molecule has 5 rings (SSSR count). The standard InChI is InChI=1S/C29H31N3O5S/c1-17-28(38-16-30-17)29(33)32-27(20-10-12-23(35-3)25(15-20)37-5)21-8-6-7-19(26(21)31-32)13-18-9-11-22(34-2)24(14-18)36-4/h9-16,21,27H,6-8H2,1-5H3/b19-13+/t21-,27-/m1/s1. The predicted molar refractivity (Wildman–Crippen MR) is 148 cm³/mol. The number of allylic oxidation sites excluding steroid dienone is 1. The Balaban J connectivity index is 1.59. The Bertz CT molecular complexity index is 1410.